The van der Waals surface area contributed by atoms with Crippen LogP contribution in [0.25, 0.3) is 0 Å². The van der Waals surface area contributed by atoms with Gasteiger partial charge in [0, 0.05) is 31.5 Å². The zero-order chi connectivity index (χ0) is 23.2. The maximum atomic E-state index is 12.7. The van der Waals surface area contributed by atoms with E-state index in [1.807, 2.05) is 6.07 Å². The van der Waals surface area contributed by atoms with Crippen molar-refractivity contribution in [1.29, 1.82) is 0 Å². The number of para-hydroxylation sites is 1. The standard InChI is InChI=1S/C24H31N3O4S/c1-3-4-7-17-31-21-10-6-5-9-20(21)23(29)27-24(32)26-19-13-11-18(12-14-19)22(28)25-15-8-16-30-2/h5-6,9-14H,3-4,7-8,15-17H2,1-2H3,(H,25,28)(H2,26,27,29,32). The number of unbranched alkanes of at least 4 members (excludes halogenated alkanes) is 2. The predicted octanol–water partition coefficient (Wildman–Crippen LogP) is 4.15. The van der Waals surface area contributed by atoms with Crippen LogP contribution in [0.15, 0.2) is 48.5 Å². The molecule has 7 nitrogen and oxygen atoms in total. The number of benzene rings is 2. The van der Waals surface area contributed by atoms with Crippen molar-refractivity contribution in [1.82, 2.24) is 10.6 Å². The van der Waals surface area contributed by atoms with Gasteiger partial charge < -0.3 is 20.1 Å². The van der Waals surface area contributed by atoms with E-state index in [9.17, 15) is 9.59 Å². The molecule has 0 fully saturated rings. The van der Waals surface area contributed by atoms with Crippen molar-refractivity contribution in [2.45, 2.75) is 32.6 Å². The second-order valence-electron chi connectivity index (χ2n) is 7.14. The number of nitrogens with one attached hydrogen (secondary N) is 3. The molecule has 2 aromatic rings. The van der Waals surface area contributed by atoms with Gasteiger partial charge in [-0.15, -0.1) is 0 Å². The quantitative estimate of drug-likeness (QED) is 0.328. The molecule has 0 spiro atoms. The Morgan fingerprint density at radius 3 is 2.41 bits per heavy atom. The third-order valence-electron chi connectivity index (χ3n) is 4.58. The highest BCUT2D eigenvalue weighted by atomic mass is 32.1. The van der Waals surface area contributed by atoms with Gasteiger partial charge in [-0.1, -0.05) is 31.9 Å². The number of carbonyl (C=O) groups is 2. The Balaban J connectivity index is 1.87. The Morgan fingerprint density at radius 1 is 0.938 bits per heavy atom. The molecule has 0 saturated carbocycles. The van der Waals surface area contributed by atoms with Gasteiger partial charge in [-0.3, -0.25) is 14.9 Å². The molecule has 0 unspecified atom stereocenters. The minimum absolute atomic E-state index is 0.154. The summed E-state index contributed by atoms with van der Waals surface area (Å²) < 4.78 is 10.7. The first-order chi connectivity index (χ1) is 15.5. The molecule has 2 amide bonds. The van der Waals surface area contributed by atoms with E-state index in [2.05, 4.69) is 22.9 Å². The van der Waals surface area contributed by atoms with E-state index in [1.165, 1.54) is 0 Å². The molecule has 32 heavy (non-hydrogen) atoms. The average Bonchev–Trinajstić information content (AvgIpc) is 2.80. The highest BCUT2D eigenvalue weighted by Gasteiger charge is 2.14. The van der Waals surface area contributed by atoms with Gasteiger partial charge in [-0.25, -0.2) is 0 Å². The molecule has 2 aromatic carbocycles. The summed E-state index contributed by atoms with van der Waals surface area (Å²) in [5.74, 6) is 0.0319. The number of hydrogen-bond acceptors (Lipinski definition) is 5. The summed E-state index contributed by atoms with van der Waals surface area (Å²) in [4.78, 5) is 24.8. The molecule has 8 heteroatoms. The molecule has 0 aromatic heterocycles. The molecule has 0 radical (unpaired) electrons. The largest absolute Gasteiger partial charge is 0.493 e. The number of hydrogen-bond donors (Lipinski definition) is 3. The zero-order valence-corrected chi connectivity index (χ0v) is 19.4. The van der Waals surface area contributed by atoms with Gasteiger partial charge in [0.2, 0.25) is 0 Å². The molecular formula is C24H31N3O4S. The first kappa shape index (κ1) is 25.3. The summed E-state index contributed by atoms with van der Waals surface area (Å²) in [7, 11) is 1.63. The van der Waals surface area contributed by atoms with Gasteiger partial charge in [0.15, 0.2) is 5.11 Å². The van der Waals surface area contributed by atoms with Crippen LogP contribution in [0, 0.1) is 0 Å². The van der Waals surface area contributed by atoms with E-state index in [4.69, 9.17) is 21.7 Å². The van der Waals surface area contributed by atoms with Crippen LogP contribution in [0.2, 0.25) is 0 Å². The molecule has 0 saturated heterocycles. The van der Waals surface area contributed by atoms with Crippen molar-refractivity contribution < 1.29 is 19.1 Å². The maximum Gasteiger partial charge on any atom is 0.261 e. The van der Waals surface area contributed by atoms with Crippen LogP contribution in [0.1, 0.15) is 53.3 Å². The Kier molecular flexibility index (Phi) is 11.2. The number of anilines is 1. The van der Waals surface area contributed by atoms with E-state index in [-0.39, 0.29) is 16.9 Å². The number of carbonyl (C=O) groups excluding carboxylic acids is 2. The number of thiocarbonyl (C=S) groups is 1. The predicted molar refractivity (Wildman–Crippen MR) is 130 cm³/mol. The van der Waals surface area contributed by atoms with Gasteiger partial charge in [-0.2, -0.15) is 0 Å². The van der Waals surface area contributed by atoms with E-state index in [0.29, 0.717) is 42.3 Å². The normalized spacial score (nSPS) is 10.3. The van der Waals surface area contributed by atoms with Crippen molar-refractivity contribution >= 4 is 34.8 Å². The van der Waals surface area contributed by atoms with Crippen LogP contribution in [0.3, 0.4) is 0 Å². The lowest BCUT2D eigenvalue weighted by atomic mass is 10.2. The van der Waals surface area contributed by atoms with Crippen LogP contribution < -0.4 is 20.7 Å². The summed E-state index contributed by atoms with van der Waals surface area (Å²) in [5, 5.41) is 8.62. The highest BCUT2D eigenvalue weighted by molar-refractivity contribution is 7.80. The molecule has 0 heterocycles. The van der Waals surface area contributed by atoms with Gasteiger partial charge in [0.25, 0.3) is 11.8 Å². The fraction of sp³-hybridized carbons (Fsp3) is 0.375. The topological polar surface area (TPSA) is 88.7 Å². The smallest absolute Gasteiger partial charge is 0.261 e. The second kappa shape index (κ2) is 14.2. The number of amides is 2. The Morgan fingerprint density at radius 2 is 1.69 bits per heavy atom. The minimum Gasteiger partial charge on any atom is -0.493 e. The van der Waals surface area contributed by atoms with Crippen molar-refractivity contribution in [3.8, 4) is 5.75 Å². The second-order valence-corrected chi connectivity index (χ2v) is 7.55. The maximum absolute atomic E-state index is 12.7. The number of ether oxygens (including phenoxy) is 2. The third kappa shape index (κ3) is 8.64. The van der Waals surface area contributed by atoms with Crippen molar-refractivity contribution in [3.63, 3.8) is 0 Å². The molecule has 0 aliphatic heterocycles. The van der Waals surface area contributed by atoms with Crippen molar-refractivity contribution in [2.24, 2.45) is 0 Å². The Hall–Kier alpha value is -2.97. The fourth-order valence-electron chi connectivity index (χ4n) is 2.87. The van der Waals surface area contributed by atoms with Gasteiger partial charge in [-0.05, 0) is 61.5 Å². The van der Waals surface area contributed by atoms with E-state index >= 15 is 0 Å². The lowest BCUT2D eigenvalue weighted by Gasteiger charge is -2.13. The summed E-state index contributed by atoms with van der Waals surface area (Å²) >= 11 is 5.27. The molecule has 0 bridgehead atoms. The molecule has 0 atom stereocenters. The van der Waals surface area contributed by atoms with Crippen molar-refractivity contribution in [3.05, 3.63) is 59.7 Å². The number of methoxy groups -OCH3 is 1. The highest BCUT2D eigenvalue weighted by Crippen LogP contribution is 2.18. The summed E-state index contributed by atoms with van der Waals surface area (Å²) in [6, 6.07) is 13.9. The van der Waals surface area contributed by atoms with Crippen LogP contribution in [0.5, 0.6) is 5.75 Å². The van der Waals surface area contributed by atoms with Crippen LogP contribution in [0.4, 0.5) is 5.69 Å². The average molecular weight is 458 g/mol. The monoisotopic (exact) mass is 457 g/mol. The Labute approximate surface area is 194 Å². The summed E-state index contributed by atoms with van der Waals surface area (Å²) in [6.07, 6.45) is 3.87. The molecule has 0 aliphatic rings. The van der Waals surface area contributed by atoms with E-state index < -0.39 is 0 Å². The van der Waals surface area contributed by atoms with Gasteiger partial charge in [0.1, 0.15) is 5.75 Å². The first-order valence-electron chi connectivity index (χ1n) is 10.8. The molecule has 172 valence electrons. The zero-order valence-electron chi connectivity index (χ0n) is 18.6. The van der Waals surface area contributed by atoms with Gasteiger partial charge in [0.05, 0.1) is 12.2 Å². The summed E-state index contributed by atoms with van der Waals surface area (Å²) in [5.41, 5.74) is 1.63. The third-order valence-corrected chi connectivity index (χ3v) is 4.78. The SMILES string of the molecule is CCCCCOc1ccccc1C(=O)NC(=S)Nc1ccc(C(=O)NCCCOC)cc1. The first-order valence-corrected chi connectivity index (χ1v) is 11.2. The number of rotatable bonds is 12. The molecule has 3 N–H and O–H groups in total. The summed E-state index contributed by atoms with van der Waals surface area (Å²) in [6.45, 7) is 3.84. The van der Waals surface area contributed by atoms with E-state index in [0.717, 1.165) is 25.7 Å². The Bertz CT molecular complexity index is 887. The van der Waals surface area contributed by atoms with Crippen LogP contribution in [-0.4, -0.2) is 43.8 Å². The van der Waals surface area contributed by atoms with E-state index in [1.54, 1.807) is 49.6 Å². The lowest BCUT2D eigenvalue weighted by molar-refractivity contribution is 0.0946. The minimum atomic E-state index is -0.347. The van der Waals surface area contributed by atoms with Crippen LogP contribution in [-0.2, 0) is 4.74 Å². The lowest BCUT2D eigenvalue weighted by Crippen LogP contribution is -2.34. The molecular weight excluding hydrogens is 426 g/mol. The van der Waals surface area contributed by atoms with Crippen LogP contribution >= 0.6 is 12.2 Å². The fourth-order valence-corrected chi connectivity index (χ4v) is 3.08. The van der Waals surface area contributed by atoms with Gasteiger partial charge >= 0.3 is 0 Å². The van der Waals surface area contributed by atoms with Crippen molar-refractivity contribution in [2.75, 3.05) is 32.2 Å². The molecule has 2 rings (SSSR count). The molecule has 0 aliphatic carbocycles.